The summed E-state index contributed by atoms with van der Waals surface area (Å²) in [7, 11) is -10.5. The zero-order valence-corrected chi connectivity index (χ0v) is 39.7. The van der Waals surface area contributed by atoms with Crippen LogP contribution < -0.4 is 0 Å². The van der Waals surface area contributed by atoms with Gasteiger partial charge in [0, 0.05) is 46.0 Å². The summed E-state index contributed by atoms with van der Waals surface area (Å²) in [5, 5.41) is 51.9. The van der Waals surface area contributed by atoms with Crippen molar-refractivity contribution < 1.29 is 103 Å². The van der Waals surface area contributed by atoms with Crippen molar-refractivity contribution in [3.05, 3.63) is 0 Å². The number of rotatable bonds is 27. The van der Waals surface area contributed by atoms with Crippen molar-refractivity contribution in [2.75, 3.05) is 20.0 Å². The molecule has 0 spiro atoms. The van der Waals surface area contributed by atoms with Gasteiger partial charge < -0.3 is 49.7 Å². The molecule has 0 heterocycles. The number of thioether (sulfide) groups is 1. The first-order valence-electron chi connectivity index (χ1n) is 21.2. The van der Waals surface area contributed by atoms with Crippen molar-refractivity contribution in [2.45, 2.75) is 159 Å². The Morgan fingerprint density at radius 2 is 1.06 bits per heavy atom. The molecule has 4 unspecified atom stereocenters. The van der Waals surface area contributed by atoms with Crippen LogP contribution in [-0.2, 0) is 41.8 Å². The van der Waals surface area contributed by atoms with Crippen molar-refractivity contribution in [2.24, 2.45) is 0 Å². The number of hydrogen-bond donors (Lipinski definition) is 8. The molecule has 0 aromatic carbocycles. The Morgan fingerprint density at radius 3 is 1.52 bits per heavy atom. The lowest BCUT2D eigenvalue weighted by Crippen LogP contribution is -2.64. The molecular weight excluding hydrogens is 919 g/mol. The number of phosphoric ester groups is 2. The van der Waals surface area contributed by atoms with Crippen LogP contribution in [0.5, 0.6) is 0 Å². The van der Waals surface area contributed by atoms with Crippen molar-refractivity contribution in [1.82, 2.24) is 0 Å². The van der Waals surface area contributed by atoms with Crippen molar-refractivity contribution in [1.29, 1.82) is 0 Å². The fraction of sp³-hybridized carbons (Fsp3) is 0.609. The molecule has 1 aliphatic carbocycles. The number of carbonyl (C=O) groups is 2. The number of carbonyl (C=O) groups excluding carboxylic acids is 2. The van der Waals surface area contributed by atoms with E-state index in [2.05, 4.69) is 99.6 Å². The summed E-state index contributed by atoms with van der Waals surface area (Å²) >= 11 is 0.955. The molecule has 0 saturated heterocycles. The molecule has 66 heavy (non-hydrogen) atoms. The monoisotopic (exact) mass is 1010 g/mol. The van der Waals surface area contributed by atoms with Gasteiger partial charge in [-0.25, -0.2) is 9.13 Å². The molecule has 17 nitrogen and oxygen atoms in total. The molecule has 0 bridgehead atoms. The minimum absolute atomic E-state index is 0. The first-order chi connectivity index (χ1) is 31.5. The van der Waals surface area contributed by atoms with Gasteiger partial charge in [-0.2, -0.15) is 0 Å². The number of esters is 1. The second-order valence-corrected chi connectivity index (χ2v) is 17.5. The van der Waals surface area contributed by atoms with Crippen LogP contribution in [-0.4, -0.2) is 114 Å². The van der Waals surface area contributed by atoms with E-state index in [0.29, 0.717) is 12.8 Å². The standard InChI is InChI=1S/C26H52O16P2.C20H8OS.15H2/c1-2-3-4-5-6-7-8-9-10-11-12-13-14-15-20(28)40-19(16-38-18-27)17-39-44(36,37)42-26-23(31)21(29)22(30)25(24(26)32)41-43(33,34)35;1-3-5-6-7-8-9-10-11-12-13-14-15-16-17-19-22-20(21)18-4-2;;;;;;;;;;;;;;;/h19,21-27,29-32H,2-18H2,1H3,(H,36,37)(H2,33,34,35);1H,4,18H2,2H3;15*1H/t19-,21?,22-,23+,24?,25-,26?;;;;;;;;;;;;;;;;/m1................/s1. The Labute approximate surface area is 415 Å². The predicted molar refractivity (Wildman–Crippen MR) is 277 cm³/mol. The van der Waals surface area contributed by atoms with E-state index in [4.69, 9.17) is 39.8 Å². The Balaban J connectivity index is -0.0000000717. The Bertz CT molecular complexity index is 2110. The molecule has 1 fully saturated rings. The largest absolute Gasteiger partial charge is 0.472 e. The highest BCUT2D eigenvalue weighted by molar-refractivity contribution is 8.17. The third-order valence-corrected chi connectivity index (χ3v) is 10.8. The third-order valence-electron chi connectivity index (χ3n) is 8.65. The maximum Gasteiger partial charge on any atom is 0.472 e. The second kappa shape index (κ2) is 39.0. The molecule has 8 N–H and O–H groups in total. The van der Waals surface area contributed by atoms with E-state index in [1.54, 1.807) is 0 Å². The van der Waals surface area contributed by atoms with E-state index in [1.165, 1.54) is 51.4 Å². The average Bonchev–Trinajstić information content (AvgIpc) is 3.27. The Kier molecular flexibility index (Phi) is 36.6. The maximum absolute atomic E-state index is 12.5. The quantitative estimate of drug-likeness (QED) is 0.0134. The molecule has 392 valence electrons. The zero-order chi connectivity index (χ0) is 49.5. The van der Waals surface area contributed by atoms with Crippen LogP contribution in [0.3, 0.4) is 0 Å². The summed E-state index contributed by atoms with van der Waals surface area (Å²) in [4.78, 5) is 51.6. The average molecular weight is 1010 g/mol. The number of unbranched alkanes of at least 4 members (excludes halogenated alkanes) is 12. The van der Waals surface area contributed by atoms with E-state index in [1.807, 2.05) is 6.92 Å². The number of phosphoric acid groups is 2. The van der Waals surface area contributed by atoms with Gasteiger partial charge in [0.2, 0.25) is 5.12 Å². The van der Waals surface area contributed by atoms with Gasteiger partial charge in [0.15, 0.2) is 0 Å². The smallest absolute Gasteiger partial charge is 0.457 e. The van der Waals surface area contributed by atoms with Gasteiger partial charge in [-0.15, -0.1) is 6.42 Å². The van der Waals surface area contributed by atoms with Gasteiger partial charge in [0.1, 0.15) is 49.5 Å². The van der Waals surface area contributed by atoms with Crippen LogP contribution in [0.25, 0.3) is 0 Å². The fourth-order valence-corrected chi connectivity index (χ4v) is 7.59. The lowest BCUT2D eigenvalue weighted by molar-refractivity contribution is -0.216. The van der Waals surface area contributed by atoms with E-state index >= 15 is 0 Å². The molecule has 0 aromatic rings. The zero-order valence-electron chi connectivity index (χ0n) is 37.1. The van der Waals surface area contributed by atoms with Gasteiger partial charge in [-0.1, -0.05) is 90.9 Å². The Hall–Kier alpha value is -4.05. The molecule has 20 heteroatoms. The van der Waals surface area contributed by atoms with Gasteiger partial charge in [-0.3, -0.25) is 23.2 Å². The molecule has 0 radical (unpaired) electrons. The number of aliphatic hydroxyl groups excluding tert-OH is 5. The van der Waals surface area contributed by atoms with Crippen molar-refractivity contribution >= 4 is 38.5 Å². The lowest BCUT2D eigenvalue weighted by Gasteiger charge is -2.43. The highest BCUT2D eigenvalue weighted by Crippen LogP contribution is 2.49. The van der Waals surface area contributed by atoms with Gasteiger partial charge >= 0.3 is 21.6 Å². The molecule has 0 aromatic heterocycles. The number of ether oxygens (including phenoxy) is 2. The van der Waals surface area contributed by atoms with Crippen LogP contribution in [0.1, 0.15) is 138 Å². The molecule has 1 saturated carbocycles. The lowest BCUT2D eigenvalue weighted by atomic mass is 9.85. The van der Waals surface area contributed by atoms with Gasteiger partial charge in [-0.05, 0) is 101 Å². The third kappa shape index (κ3) is 33.4. The molecule has 0 aliphatic heterocycles. The SMILES string of the molecule is C#CC#CC#CC#CC#CC#CC#CC#CSC(=O)CCC.CCCCCCCCCCCCCCCC(=O)O[C@H](COCO)COP(=O)(O)OC1C(O)[C@H](OP(=O)(O)O)[C@H](O)C(O)[C@@H]1O.[HH].[HH].[HH].[HH].[HH].[HH].[HH].[HH].[HH].[HH].[HH].[HH].[HH].[HH].[HH]. The van der Waals surface area contributed by atoms with Crippen LogP contribution in [0.2, 0.25) is 0 Å². The minimum Gasteiger partial charge on any atom is -0.457 e. The van der Waals surface area contributed by atoms with E-state index in [9.17, 15) is 44.0 Å². The number of hydrogen-bond acceptors (Lipinski definition) is 15. The number of aliphatic hydroxyl groups is 5. The summed E-state index contributed by atoms with van der Waals surface area (Å²) in [6.45, 7) is 2.19. The van der Waals surface area contributed by atoms with Gasteiger partial charge in [0.05, 0.1) is 13.2 Å². The highest BCUT2D eigenvalue weighted by atomic mass is 32.2. The van der Waals surface area contributed by atoms with Crippen LogP contribution in [0.4, 0.5) is 0 Å². The van der Waals surface area contributed by atoms with E-state index in [-0.39, 0.29) is 32.9 Å². The fourth-order valence-electron chi connectivity index (χ4n) is 5.53. The second-order valence-electron chi connectivity index (χ2n) is 14.1. The Morgan fingerprint density at radius 1 is 0.606 bits per heavy atom. The molecule has 1 aliphatic rings. The van der Waals surface area contributed by atoms with Crippen LogP contribution >= 0.6 is 27.4 Å². The highest BCUT2D eigenvalue weighted by Gasteiger charge is 2.54. The summed E-state index contributed by atoms with van der Waals surface area (Å²) in [5.74, 6) is 33.5. The topological polar surface area (TPSA) is 276 Å². The number of terminal acetylenes is 1. The van der Waals surface area contributed by atoms with Gasteiger partial charge in [0.25, 0.3) is 0 Å². The summed E-state index contributed by atoms with van der Waals surface area (Å²) in [6.07, 6.45) is 6.48. The first-order valence-corrected chi connectivity index (χ1v) is 25.0. The first kappa shape index (κ1) is 62.0. The summed E-state index contributed by atoms with van der Waals surface area (Å²) < 4.78 is 47.5. The normalized spacial score (nSPS) is 19.3. The van der Waals surface area contributed by atoms with E-state index < -0.39 is 84.3 Å². The molecular formula is C46H90O17P2S. The molecule has 0 amide bonds. The maximum atomic E-state index is 12.5. The van der Waals surface area contributed by atoms with Crippen LogP contribution in [0, 0.1) is 94.6 Å². The van der Waals surface area contributed by atoms with Crippen LogP contribution in [0.15, 0.2) is 0 Å². The predicted octanol–water partition coefficient (Wildman–Crippen LogP) is 7.13. The summed E-state index contributed by atoms with van der Waals surface area (Å²) in [5.41, 5.74) is 0. The summed E-state index contributed by atoms with van der Waals surface area (Å²) in [6, 6.07) is 0. The van der Waals surface area contributed by atoms with Crippen molar-refractivity contribution in [3.8, 4) is 94.6 Å². The molecule has 8 atom stereocenters. The van der Waals surface area contributed by atoms with E-state index in [0.717, 1.165) is 43.9 Å². The molecule has 1 rings (SSSR count). The minimum atomic E-state index is -5.32. The van der Waals surface area contributed by atoms with Crippen molar-refractivity contribution in [3.63, 3.8) is 0 Å².